The van der Waals surface area contributed by atoms with Crippen LogP contribution in [-0.2, 0) is 4.79 Å². The van der Waals surface area contributed by atoms with Crippen LogP contribution in [0.4, 0.5) is 0 Å². The maximum Gasteiger partial charge on any atom is 0.222 e. The quantitative estimate of drug-likeness (QED) is 0.478. The van der Waals surface area contributed by atoms with Gasteiger partial charge in [0.25, 0.3) is 0 Å². The Morgan fingerprint density at radius 1 is 0.750 bits per heavy atom. The van der Waals surface area contributed by atoms with Gasteiger partial charge < -0.3 is 9.80 Å². The first-order valence-corrected chi connectivity index (χ1v) is 8.46. The van der Waals surface area contributed by atoms with Crippen molar-refractivity contribution in [2.24, 2.45) is 0 Å². The van der Waals surface area contributed by atoms with Gasteiger partial charge in [0.15, 0.2) is 0 Å². The maximum atomic E-state index is 11.9. The smallest absolute Gasteiger partial charge is 0.222 e. The Hall–Kier alpha value is -0.570. The van der Waals surface area contributed by atoms with Gasteiger partial charge in [0.1, 0.15) is 0 Å². The highest BCUT2D eigenvalue weighted by Gasteiger charge is 2.07. The predicted octanol–water partition coefficient (Wildman–Crippen LogP) is 3.93. The van der Waals surface area contributed by atoms with Gasteiger partial charge in [-0.25, -0.2) is 0 Å². The molecule has 0 unspecified atom stereocenters. The molecule has 0 aromatic heterocycles. The lowest BCUT2D eigenvalue weighted by molar-refractivity contribution is -0.130. The summed E-state index contributed by atoms with van der Waals surface area (Å²) in [4.78, 5) is 15.8. The Balaban J connectivity index is 3.34. The zero-order valence-electron chi connectivity index (χ0n) is 14.3. The molecule has 20 heavy (non-hydrogen) atoms. The van der Waals surface area contributed by atoms with Gasteiger partial charge in [-0.05, 0) is 20.5 Å². The van der Waals surface area contributed by atoms with E-state index in [1.54, 1.807) is 0 Å². The zero-order valence-corrected chi connectivity index (χ0v) is 14.3. The molecule has 0 bridgehead atoms. The first-order chi connectivity index (χ1) is 9.57. The van der Waals surface area contributed by atoms with Crippen LogP contribution in [0.3, 0.4) is 0 Å². The first-order valence-electron chi connectivity index (χ1n) is 8.46. The maximum absolute atomic E-state index is 11.9. The lowest BCUT2D eigenvalue weighted by Crippen LogP contribution is -2.33. The van der Waals surface area contributed by atoms with Crippen molar-refractivity contribution in [1.29, 1.82) is 0 Å². The second-order valence-corrected chi connectivity index (χ2v) is 6.20. The third-order valence-electron chi connectivity index (χ3n) is 3.80. The van der Waals surface area contributed by atoms with Crippen LogP contribution in [0.25, 0.3) is 0 Å². The second-order valence-electron chi connectivity index (χ2n) is 6.20. The highest BCUT2D eigenvalue weighted by atomic mass is 16.2. The number of unbranched alkanes of at least 4 members (excludes halogenated alkanes) is 8. The van der Waals surface area contributed by atoms with E-state index in [1.807, 2.05) is 26.0 Å². The van der Waals surface area contributed by atoms with E-state index in [9.17, 15) is 4.79 Å². The second kappa shape index (κ2) is 13.4. The summed E-state index contributed by atoms with van der Waals surface area (Å²) in [5, 5.41) is 0. The van der Waals surface area contributed by atoms with E-state index in [1.165, 1.54) is 51.4 Å². The average molecular weight is 284 g/mol. The monoisotopic (exact) mass is 284 g/mol. The number of amides is 1. The van der Waals surface area contributed by atoms with Crippen LogP contribution >= 0.6 is 0 Å². The largest absolute Gasteiger partial charge is 0.344 e. The molecule has 0 spiro atoms. The molecule has 0 aliphatic rings. The van der Waals surface area contributed by atoms with Crippen molar-refractivity contribution in [3.63, 3.8) is 0 Å². The minimum Gasteiger partial charge on any atom is -0.344 e. The fraction of sp³-hybridized carbons (Fsp3) is 0.941. The molecular weight excluding hydrogens is 248 g/mol. The summed E-state index contributed by atoms with van der Waals surface area (Å²) < 4.78 is 0. The summed E-state index contributed by atoms with van der Waals surface area (Å²) in [5.41, 5.74) is 0. The number of carbonyl (C=O) groups is 1. The fourth-order valence-corrected chi connectivity index (χ4v) is 2.25. The van der Waals surface area contributed by atoms with E-state index in [2.05, 4.69) is 11.8 Å². The number of hydrogen-bond acceptors (Lipinski definition) is 2. The van der Waals surface area contributed by atoms with E-state index < -0.39 is 0 Å². The van der Waals surface area contributed by atoms with E-state index in [-0.39, 0.29) is 0 Å². The molecule has 0 rings (SSSR count). The van der Waals surface area contributed by atoms with Gasteiger partial charge in [0, 0.05) is 26.6 Å². The molecule has 0 N–H and O–H groups in total. The Bertz CT molecular complexity index is 229. The Labute approximate surface area is 126 Å². The summed E-state index contributed by atoms with van der Waals surface area (Å²) in [5.74, 6) is 0.301. The van der Waals surface area contributed by atoms with E-state index in [4.69, 9.17) is 0 Å². The molecule has 3 nitrogen and oxygen atoms in total. The zero-order chi connectivity index (χ0) is 15.2. The molecule has 0 aromatic rings. The number of nitrogens with zero attached hydrogens (tertiary/aromatic N) is 2. The van der Waals surface area contributed by atoms with Crippen LogP contribution in [0.2, 0.25) is 0 Å². The third kappa shape index (κ3) is 12.5. The van der Waals surface area contributed by atoms with Crippen molar-refractivity contribution >= 4 is 5.91 Å². The predicted molar refractivity (Wildman–Crippen MR) is 88.0 cm³/mol. The standard InChI is InChI=1S/C17H36N2O/c1-5-6-7-8-9-10-11-12-13-14-17(20)19(4)16-15-18(2)3/h5-16H2,1-4H3. The summed E-state index contributed by atoms with van der Waals surface area (Å²) in [7, 11) is 6.00. The Kier molecular flexibility index (Phi) is 13.0. The topological polar surface area (TPSA) is 23.6 Å². The highest BCUT2D eigenvalue weighted by molar-refractivity contribution is 5.75. The Morgan fingerprint density at radius 3 is 1.75 bits per heavy atom. The molecule has 3 heteroatoms. The van der Waals surface area contributed by atoms with Gasteiger partial charge in [-0.15, -0.1) is 0 Å². The Morgan fingerprint density at radius 2 is 1.25 bits per heavy atom. The van der Waals surface area contributed by atoms with Crippen LogP contribution in [-0.4, -0.2) is 49.9 Å². The van der Waals surface area contributed by atoms with Gasteiger partial charge in [0.2, 0.25) is 5.91 Å². The minimum atomic E-state index is 0.301. The SMILES string of the molecule is CCCCCCCCCCCC(=O)N(C)CCN(C)C. The van der Waals surface area contributed by atoms with Gasteiger partial charge in [0.05, 0.1) is 0 Å². The normalized spacial score (nSPS) is 11.1. The molecule has 0 aromatic carbocycles. The van der Waals surface area contributed by atoms with Crippen molar-refractivity contribution < 1.29 is 4.79 Å². The van der Waals surface area contributed by atoms with Crippen molar-refractivity contribution in [1.82, 2.24) is 9.80 Å². The third-order valence-corrected chi connectivity index (χ3v) is 3.80. The van der Waals surface area contributed by atoms with Crippen molar-refractivity contribution in [2.45, 2.75) is 71.1 Å². The van der Waals surface area contributed by atoms with Crippen LogP contribution in [0.15, 0.2) is 0 Å². The van der Waals surface area contributed by atoms with E-state index in [0.29, 0.717) is 5.91 Å². The van der Waals surface area contributed by atoms with Gasteiger partial charge >= 0.3 is 0 Å². The van der Waals surface area contributed by atoms with Gasteiger partial charge in [-0.1, -0.05) is 58.3 Å². The summed E-state index contributed by atoms with van der Waals surface area (Å²) >= 11 is 0. The molecule has 0 fully saturated rings. The lowest BCUT2D eigenvalue weighted by atomic mass is 10.1. The molecule has 0 saturated carbocycles. The number of likely N-dealkylation sites (N-methyl/N-ethyl adjacent to an activating group) is 2. The first kappa shape index (κ1) is 19.4. The molecule has 120 valence electrons. The summed E-state index contributed by atoms with van der Waals surface area (Å²) in [6.45, 7) is 4.04. The van der Waals surface area contributed by atoms with E-state index >= 15 is 0 Å². The van der Waals surface area contributed by atoms with Crippen LogP contribution < -0.4 is 0 Å². The molecule has 0 radical (unpaired) electrons. The van der Waals surface area contributed by atoms with Crippen molar-refractivity contribution in [3.8, 4) is 0 Å². The lowest BCUT2D eigenvalue weighted by Gasteiger charge is -2.19. The molecule has 0 atom stereocenters. The van der Waals surface area contributed by atoms with E-state index in [0.717, 1.165) is 25.9 Å². The molecule has 0 aliphatic carbocycles. The highest BCUT2D eigenvalue weighted by Crippen LogP contribution is 2.10. The summed E-state index contributed by atoms with van der Waals surface area (Å²) in [6, 6.07) is 0. The van der Waals surface area contributed by atoms with Crippen LogP contribution in [0.5, 0.6) is 0 Å². The molecule has 0 heterocycles. The van der Waals surface area contributed by atoms with Gasteiger partial charge in [-0.3, -0.25) is 4.79 Å². The average Bonchev–Trinajstić information content (AvgIpc) is 2.42. The number of hydrogen-bond donors (Lipinski definition) is 0. The summed E-state index contributed by atoms with van der Waals surface area (Å²) in [6.07, 6.45) is 12.5. The molecular formula is C17H36N2O. The number of rotatable bonds is 13. The number of carbonyl (C=O) groups excluding carboxylic acids is 1. The van der Waals surface area contributed by atoms with Crippen molar-refractivity contribution in [2.75, 3.05) is 34.2 Å². The van der Waals surface area contributed by atoms with Gasteiger partial charge in [-0.2, -0.15) is 0 Å². The molecule has 1 amide bonds. The van der Waals surface area contributed by atoms with Crippen molar-refractivity contribution in [3.05, 3.63) is 0 Å². The van der Waals surface area contributed by atoms with Crippen LogP contribution in [0, 0.1) is 0 Å². The molecule has 0 aliphatic heterocycles. The van der Waals surface area contributed by atoms with Crippen LogP contribution in [0.1, 0.15) is 71.1 Å². The fourth-order valence-electron chi connectivity index (χ4n) is 2.25. The molecule has 0 saturated heterocycles. The minimum absolute atomic E-state index is 0.301.